The van der Waals surface area contributed by atoms with Crippen molar-refractivity contribution >= 4 is 5.69 Å². The first kappa shape index (κ1) is 18.1. The number of rotatable bonds is 4. The summed E-state index contributed by atoms with van der Waals surface area (Å²) < 4.78 is 0. The molecule has 0 saturated heterocycles. The number of aromatic hydroxyl groups is 2. The summed E-state index contributed by atoms with van der Waals surface area (Å²) in [6, 6.07) is 19.0. The average molecular weight is 386 g/mol. The van der Waals surface area contributed by atoms with Crippen LogP contribution in [0.25, 0.3) is 34.2 Å². The number of aromatic nitrogens is 3. The first-order valence-electron chi connectivity index (χ1n) is 8.60. The number of non-ortho nitro benzene ring substituents is 1. The topological polar surface area (TPSA) is 122 Å². The molecule has 4 aromatic rings. The lowest BCUT2D eigenvalue weighted by Crippen LogP contribution is -2.00. The number of nitro groups is 1. The summed E-state index contributed by atoms with van der Waals surface area (Å²) in [7, 11) is 0. The first-order chi connectivity index (χ1) is 14.0. The van der Waals surface area contributed by atoms with Crippen molar-refractivity contribution in [1.82, 2.24) is 15.0 Å². The van der Waals surface area contributed by atoms with Gasteiger partial charge in [-0.25, -0.2) is 15.0 Å². The quantitative estimate of drug-likeness (QED) is 0.398. The molecule has 0 saturated carbocycles. The van der Waals surface area contributed by atoms with Crippen LogP contribution in [0.1, 0.15) is 0 Å². The Kier molecular flexibility index (Phi) is 4.58. The molecule has 1 heterocycles. The molecular weight excluding hydrogens is 372 g/mol. The summed E-state index contributed by atoms with van der Waals surface area (Å²) in [6.07, 6.45) is 0. The van der Waals surface area contributed by atoms with E-state index < -0.39 is 4.92 Å². The molecular formula is C21H14N4O4. The Hall–Kier alpha value is -4.33. The fourth-order valence-corrected chi connectivity index (χ4v) is 2.80. The molecule has 0 aliphatic rings. The average Bonchev–Trinajstić information content (AvgIpc) is 2.74. The fraction of sp³-hybridized carbons (Fsp3) is 0. The number of hydrogen-bond acceptors (Lipinski definition) is 7. The highest BCUT2D eigenvalue weighted by atomic mass is 16.6. The summed E-state index contributed by atoms with van der Waals surface area (Å²) in [5.74, 6) is 0.675. The number of nitrogens with zero attached hydrogens (tertiary/aromatic N) is 4. The predicted molar refractivity (Wildman–Crippen MR) is 106 cm³/mol. The summed E-state index contributed by atoms with van der Waals surface area (Å²) >= 11 is 0. The molecule has 0 radical (unpaired) electrons. The Balaban J connectivity index is 1.92. The molecule has 0 spiro atoms. The zero-order chi connectivity index (χ0) is 20.4. The van der Waals surface area contributed by atoms with Crippen LogP contribution < -0.4 is 0 Å². The molecule has 8 heteroatoms. The zero-order valence-electron chi connectivity index (χ0n) is 14.9. The van der Waals surface area contributed by atoms with Crippen molar-refractivity contribution in [2.24, 2.45) is 0 Å². The van der Waals surface area contributed by atoms with Crippen molar-refractivity contribution < 1.29 is 15.1 Å². The minimum Gasteiger partial charge on any atom is -0.507 e. The minimum atomic E-state index is -0.488. The molecule has 8 nitrogen and oxygen atoms in total. The molecule has 0 bridgehead atoms. The maximum Gasteiger partial charge on any atom is 0.269 e. The maximum absolute atomic E-state index is 10.9. The van der Waals surface area contributed by atoms with Crippen LogP contribution in [-0.4, -0.2) is 30.1 Å². The molecule has 1 aromatic heterocycles. The first-order valence-corrected chi connectivity index (χ1v) is 8.60. The van der Waals surface area contributed by atoms with Crippen LogP contribution in [-0.2, 0) is 0 Å². The van der Waals surface area contributed by atoms with Gasteiger partial charge in [0, 0.05) is 17.7 Å². The molecule has 0 aliphatic heterocycles. The smallest absolute Gasteiger partial charge is 0.269 e. The summed E-state index contributed by atoms with van der Waals surface area (Å²) in [4.78, 5) is 23.7. The summed E-state index contributed by atoms with van der Waals surface area (Å²) in [5, 5.41) is 31.3. The van der Waals surface area contributed by atoms with Gasteiger partial charge in [0.05, 0.1) is 16.1 Å². The largest absolute Gasteiger partial charge is 0.507 e. The van der Waals surface area contributed by atoms with Crippen molar-refractivity contribution in [2.45, 2.75) is 0 Å². The number of nitro benzene ring substituents is 1. The molecule has 0 amide bonds. The van der Waals surface area contributed by atoms with Gasteiger partial charge in [-0.3, -0.25) is 10.1 Å². The van der Waals surface area contributed by atoms with Gasteiger partial charge in [0.25, 0.3) is 5.69 Å². The van der Waals surface area contributed by atoms with E-state index in [9.17, 15) is 20.3 Å². The Bertz CT molecular complexity index is 1150. The van der Waals surface area contributed by atoms with E-state index in [0.717, 1.165) is 0 Å². The van der Waals surface area contributed by atoms with Crippen LogP contribution in [0.4, 0.5) is 5.69 Å². The van der Waals surface area contributed by atoms with Crippen molar-refractivity contribution in [3.05, 3.63) is 82.9 Å². The Morgan fingerprint density at radius 3 is 1.55 bits per heavy atom. The van der Waals surface area contributed by atoms with Gasteiger partial charge in [-0.15, -0.1) is 0 Å². The molecule has 0 aliphatic carbocycles. The number of hydrogen-bond donors (Lipinski definition) is 2. The highest BCUT2D eigenvalue weighted by molar-refractivity contribution is 5.71. The van der Waals surface area contributed by atoms with E-state index in [1.165, 1.54) is 36.4 Å². The van der Waals surface area contributed by atoms with Gasteiger partial charge in [0.15, 0.2) is 17.5 Å². The number of para-hydroxylation sites is 2. The standard InChI is InChI=1S/C21H14N4O4/c26-17-7-3-1-5-15(17)20-22-19(13-9-11-14(12-10-13)25(28)29)23-21(24-20)16-6-2-4-8-18(16)27/h1-12,26-27H. The van der Waals surface area contributed by atoms with E-state index in [1.54, 1.807) is 36.4 Å². The van der Waals surface area contributed by atoms with Crippen LogP contribution in [0, 0.1) is 10.1 Å². The predicted octanol–water partition coefficient (Wildman–Crippen LogP) is 4.19. The summed E-state index contributed by atoms with van der Waals surface area (Å²) in [6.45, 7) is 0. The number of benzene rings is 3. The van der Waals surface area contributed by atoms with Crippen LogP contribution >= 0.6 is 0 Å². The normalized spacial score (nSPS) is 10.6. The zero-order valence-corrected chi connectivity index (χ0v) is 14.9. The van der Waals surface area contributed by atoms with Gasteiger partial charge in [-0.2, -0.15) is 0 Å². The third-order valence-corrected chi connectivity index (χ3v) is 4.26. The molecule has 4 rings (SSSR count). The minimum absolute atomic E-state index is 0.00316. The maximum atomic E-state index is 10.9. The summed E-state index contributed by atoms with van der Waals surface area (Å²) in [5.41, 5.74) is 1.28. The van der Waals surface area contributed by atoms with Crippen LogP contribution in [0.2, 0.25) is 0 Å². The van der Waals surface area contributed by atoms with Crippen LogP contribution in [0.3, 0.4) is 0 Å². The van der Waals surface area contributed by atoms with Crippen molar-refractivity contribution in [3.63, 3.8) is 0 Å². The SMILES string of the molecule is O=[N+]([O-])c1ccc(-c2nc(-c3ccccc3O)nc(-c3ccccc3O)n2)cc1. The van der Waals surface area contributed by atoms with Crippen LogP contribution in [0.15, 0.2) is 72.8 Å². The third kappa shape index (κ3) is 3.59. The van der Waals surface area contributed by atoms with Crippen molar-refractivity contribution in [3.8, 4) is 45.7 Å². The number of phenols is 2. The Morgan fingerprint density at radius 2 is 1.10 bits per heavy atom. The van der Waals surface area contributed by atoms with E-state index in [-0.39, 0.29) is 34.7 Å². The van der Waals surface area contributed by atoms with Crippen molar-refractivity contribution in [1.29, 1.82) is 0 Å². The van der Waals surface area contributed by atoms with E-state index in [4.69, 9.17) is 0 Å². The lowest BCUT2D eigenvalue weighted by molar-refractivity contribution is -0.384. The molecule has 0 fully saturated rings. The Morgan fingerprint density at radius 1 is 0.655 bits per heavy atom. The van der Waals surface area contributed by atoms with E-state index in [0.29, 0.717) is 16.7 Å². The molecule has 0 unspecified atom stereocenters. The molecule has 3 aromatic carbocycles. The monoisotopic (exact) mass is 386 g/mol. The second-order valence-electron chi connectivity index (χ2n) is 6.14. The number of phenolic OH excluding ortho intramolecular Hbond substituents is 2. The van der Waals surface area contributed by atoms with E-state index in [2.05, 4.69) is 15.0 Å². The Labute approximate surface area is 165 Å². The fourth-order valence-electron chi connectivity index (χ4n) is 2.80. The molecule has 142 valence electrons. The van der Waals surface area contributed by atoms with Gasteiger partial charge in [-0.1, -0.05) is 24.3 Å². The highest BCUT2D eigenvalue weighted by Gasteiger charge is 2.16. The van der Waals surface area contributed by atoms with E-state index >= 15 is 0 Å². The van der Waals surface area contributed by atoms with Gasteiger partial charge < -0.3 is 10.2 Å². The van der Waals surface area contributed by atoms with Gasteiger partial charge in [0.1, 0.15) is 11.5 Å². The van der Waals surface area contributed by atoms with Gasteiger partial charge in [-0.05, 0) is 36.4 Å². The van der Waals surface area contributed by atoms with Gasteiger partial charge in [0.2, 0.25) is 0 Å². The highest BCUT2D eigenvalue weighted by Crippen LogP contribution is 2.32. The molecule has 29 heavy (non-hydrogen) atoms. The molecule has 2 N–H and O–H groups in total. The lowest BCUT2D eigenvalue weighted by atomic mass is 10.1. The second kappa shape index (κ2) is 7.35. The second-order valence-corrected chi connectivity index (χ2v) is 6.14. The van der Waals surface area contributed by atoms with E-state index in [1.807, 2.05) is 0 Å². The molecule has 0 atom stereocenters. The third-order valence-electron chi connectivity index (χ3n) is 4.26. The van der Waals surface area contributed by atoms with Crippen molar-refractivity contribution in [2.75, 3.05) is 0 Å². The lowest BCUT2D eigenvalue weighted by Gasteiger charge is -2.10. The van der Waals surface area contributed by atoms with Gasteiger partial charge >= 0.3 is 0 Å². The van der Waals surface area contributed by atoms with Crippen LogP contribution in [0.5, 0.6) is 11.5 Å².